The molecule has 0 saturated heterocycles. The second-order valence-electron chi connectivity index (χ2n) is 10.9. The lowest BCUT2D eigenvalue weighted by Crippen LogP contribution is -2.49. The number of carbonyl (C=O) groups excluding carboxylic acids is 2. The Hall–Kier alpha value is -1.56. The summed E-state index contributed by atoms with van der Waals surface area (Å²) in [6.45, 7) is 13.3. The summed E-state index contributed by atoms with van der Waals surface area (Å²) in [5.41, 5.74) is 2.13. The molecular formula is C27H36Cl2N2O2S. The molecule has 1 aromatic heterocycles. The molecule has 0 spiro atoms. The van der Waals surface area contributed by atoms with Crippen molar-refractivity contribution in [3.63, 3.8) is 0 Å². The number of amides is 2. The Kier molecular flexibility index (Phi) is 8.75. The number of thiophene rings is 1. The van der Waals surface area contributed by atoms with Gasteiger partial charge in [0.1, 0.15) is 6.54 Å². The Balaban J connectivity index is 1.83. The van der Waals surface area contributed by atoms with Crippen molar-refractivity contribution in [2.75, 3.05) is 13.1 Å². The molecule has 2 atom stereocenters. The number of rotatable bonds is 7. The van der Waals surface area contributed by atoms with Crippen molar-refractivity contribution in [1.82, 2.24) is 9.80 Å². The van der Waals surface area contributed by atoms with Gasteiger partial charge < -0.3 is 9.80 Å². The molecule has 0 saturated carbocycles. The largest absolute Gasteiger partial charge is 0.331 e. The van der Waals surface area contributed by atoms with Crippen molar-refractivity contribution in [1.29, 1.82) is 0 Å². The normalized spacial score (nSPS) is 17.0. The van der Waals surface area contributed by atoms with Crippen molar-refractivity contribution < 1.29 is 9.59 Å². The van der Waals surface area contributed by atoms with Gasteiger partial charge >= 0.3 is 0 Å². The third-order valence-electron chi connectivity index (χ3n) is 6.28. The SMILES string of the molecule is CC(CC(=O)N(CC(=O)N1CCc2sccc2C1c1ccc(Cl)cc1Cl)C(C)C)CC(C)(C)C. The zero-order valence-corrected chi connectivity index (χ0v) is 23.4. The van der Waals surface area contributed by atoms with Gasteiger partial charge in [-0.25, -0.2) is 0 Å². The zero-order valence-electron chi connectivity index (χ0n) is 21.0. The minimum Gasteiger partial charge on any atom is -0.331 e. The van der Waals surface area contributed by atoms with Crippen molar-refractivity contribution in [3.05, 3.63) is 55.7 Å². The molecule has 34 heavy (non-hydrogen) atoms. The van der Waals surface area contributed by atoms with Crippen LogP contribution in [0.4, 0.5) is 0 Å². The lowest BCUT2D eigenvalue weighted by atomic mass is 9.84. The van der Waals surface area contributed by atoms with E-state index in [0.717, 1.165) is 24.0 Å². The highest BCUT2D eigenvalue weighted by Gasteiger charge is 2.35. The van der Waals surface area contributed by atoms with E-state index in [4.69, 9.17) is 23.2 Å². The molecule has 1 aromatic carbocycles. The Bertz CT molecular complexity index is 1030. The highest BCUT2D eigenvalue weighted by Crippen LogP contribution is 2.41. The van der Waals surface area contributed by atoms with Crippen LogP contribution < -0.4 is 0 Å². The predicted octanol–water partition coefficient (Wildman–Crippen LogP) is 7.23. The van der Waals surface area contributed by atoms with E-state index in [2.05, 4.69) is 39.1 Å². The molecule has 2 heterocycles. The lowest BCUT2D eigenvalue weighted by Gasteiger charge is -2.38. The van der Waals surface area contributed by atoms with Gasteiger partial charge in [-0.15, -0.1) is 11.3 Å². The maximum Gasteiger partial charge on any atom is 0.243 e. The summed E-state index contributed by atoms with van der Waals surface area (Å²) in [7, 11) is 0. The molecule has 0 radical (unpaired) electrons. The second kappa shape index (κ2) is 11.0. The molecule has 2 aromatic rings. The number of hydrogen-bond acceptors (Lipinski definition) is 3. The van der Waals surface area contributed by atoms with Crippen LogP contribution in [0, 0.1) is 11.3 Å². The fourth-order valence-corrected chi connectivity index (χ4v) is 6.39. The first-order valence-corrected chi connectivity index (χ1v) is 13.6. The summed E-state index contributed by atoms with van der Waals surface area (Å²) in [5.74, 6) is 0.237. The summed E-state index contributed by atoms with van der Waals surface area (Å²) >= 11 is 14.5. The molecule has 1 aliphatic heterocycles. The van der Waals surface area contributed by atoms with Crippen LogP contribution in [-0.2, 0) is 16.0 Å². The summed E-state index contributed by atoms with van der Waals surface area (Å²) in [6.07, 6.45) is 2.21. The Morgan fingerprint density at radius 3 is 2.47 bits per heavy atom. The number of carbonyl (C=O) groups is 2. The van der Waals surface area contributed by atoms with Gasteiger partial charge in [-0.2, -0.15) is 0 Å². The van der Waals surface area contributed by atoms with Crippen LogP contribution in [0.5, 0.6) is 0 Å². The van der Waals surface area contributed by atoms with Gasteiger partial charge in [-0.3, -0.25) is 9.59 Å². The van der Waals surface area contributed by atoms with Crippen LogP contribution in [-0.4, -0.2) is 40.7 Å². The maximum absolute atomic E-state index is 13.7. The van der Waals surface area contributed by atoms with Gasteiger partial charge in [-0.05, 0) is 72.7 Å². The van der Waals surface area contributed by atoms with Crippen molar-refractivity contribution >= 4 is 46.4 Å². The van der Waals surface area contributed by atoms with E-state index in [1.165, 1.54) is 4.88 Å². The molecule has 1 aliphatic rings. The van der Waals surface area contributed by atoms with Crippen LogP contribution in [0.1, 0.15) is 76.4 Å². The monoisotopic (exact) mass is 522 g/mol. The lowest BCUT2D eigenvalue weighted by molar-refractivity contribution is -0.143. The summed E-state index contributed by atoms with van der Waals surface area (Å²) < 4.78 is 0. The van der Waals surface area contributed by atoms with Crippen molar-refractivity contribution in [3.8, 4) is 0 Å². The van der Waals surface area contributed by atoms with E-state index in [-0.39, 0.29) is 41.8 Å². The number of benzene rings is 1. The maximum atomic E-state index is 13.7. The molecule has 0 N–H and O–H groups in total. The van der Waals surface area contributed by atoms with Crippen LogP contribution in [0.15, 0.2) is 29.6 Å². The minimum absolute atomic E-state index is 0.0365. The quantitative estimate of drug-likeness (QED) is 0.384. The molecule has 0 aliphatic carbocycles. The average Bonchev–Trinajstić information content (AvgIpc) is 3.18. The van der Waals surface area contributed by atoms with Gasteiger partial charge in [0, 0.05) is 33.9 Å². The number of hydrogen-bond donors (Lipinski definition) is 0. The molecule has 0 fully saturated rings. The minimum atomic E-state index is -0.281. The predicted molar refractivity (Wildman–Crippen MR) is 143 cm³/mol. The summed E-state index contributed by atoms with van der Waals surface area (Å²) in [4.78, 5) is 31.8. The van der Waals surface area contributed by atoms with Gasteiger partial charge in [0.05, 0.1) is 6.04 Å². The molecule has 2 amide bonds. The molecule has 4 nitrogen and oxygen atoms in total. The third kappa shape index (κ3) is 6.56. The van der Waals surface area contributed by atoms with Crippen LogP contribution in [0.3, 0.4) is 0 Å². The van der Waals surface area contributed by atoms with Gasteiger partial charge in [0.15, 0.2) is 0 Å². The zero-order chi connectivity index (χ0) is 25.2. The van der Waals surface area contributed by atoms with Crippen LogP contribution >= 0.6 is 34.5 Å². The second-order valence-corrected chi connectivity index (χ2v) is 12.7. The first kappa shape index (κ1) is 27.0. The molecule has 2 unspecified atom stereocenters. The summed E-state index contributed by atoms with van der Waals surface area (Å²) in [5, 5.41) is 3.17. The average molecular weight is 524 g/mol. The van der Waals surface area contributed by atoms with E-state index < -0.39 is 0 Å². The van der Waals surface area contributed by atoms with E-state index in [1.807, 2.05) is 30.9 Å². The Morgan fingerprint density at radius 1 is 1.15 bits per heavy atom. The standard InChI is InChI=1S/C27H36Cl2N2O2S/c1-17(2)31(24(32)13-18(3)15-27(4,5)6)16-25(33)30-11-9-23-21(10-12-34-23)26(30)20-8-7-19(28)14-22(20)29/h7-8,10,12,14,17-18,26H,9,11,13,15-16H2,1-6H3. The molecule has 0 bridgehead atoms. The van der Waals surface area contributed by atoms with Gasteiger partial charge in [-0.1, -0.05) is 57.0 Å². The van der Waals surface area contributed by atoms with Crippen LogP contribution in [0.25, 0.3) is 0 Å². The fraction of sp³-hybridized carbons (Fsp3) is 0.556. The highest BCUT2D eigenvalue weighted by atomic mass is 35.5. The summed E-state index contributed by atoms with van der Waals surface area (Å²) in [6, 6.07) is 7.18. The molecule has 186 valence electrons. The van der Waals surface area contributed by atoms with Crippen LogP contribution in [0.2, 0.25) is 10.0 Å². The van der Waals surface area contributed by atoms with E-state index >= 15 is 0 Å². The van der Waals surface area contributed by atoms with Crippen molar-refractivity contribution in [2.24, 2.45) is 11.3 Å². The van der Waals surface area contributed by atoms with E-state index in [1.54, 1.807) is 22.3 Å². The Morgan fingerprint density at radius 2 is 1.85 bits per heavy atom. The first-order valence-electron chi connectivity index (χ1n) is 12.0. The molecule has 3 rings (SSSR count). The number of halogens is 2. The first-order chi connectivity index (χ1) is 15.9. The molecule has 7 heteroatoms. The Labute approximate surface area is 218 Å². The molecular weight excluding hydrogens is 487 g/mol. The topological polar surface area (TPSA) is 40.6 Å². The fourth-order valence-electron chi connectivity index (χ4n) is 4.97. The van der Waals surface area contributed by atoms with Gasteiger partial charge in [0.2, 0.25) is 11.8 Å². The third-order valence-corrected chi connectivity index (χ3v) is 7.84. The highest BCUT2D eigenvalue weighted by molar-refractivity contribution is 7.10. The van der Waals surface area contributed by atoms with Crippen molar-refractivity contribution in [2.45, 2.75) is 72.9 Å². The van der Waals surface area contributed by atoms with E-state index in [0.29, 0.717) is 23.0 Å². The van der Waals surface area contributed by atoms with Gasteiger partial charge in [0.25, 0.3) is 0 Å². The smallest absolute Gasteiger partial charge is 0.243 e. The van der Waals surface area contributed by atoms with E-state index in [9.17, 15) is 9.59 Å². The number of nitrogens with zero attached hydrogens (tertiary/aromatic N) is 2. The number of fused-ring (bicyclic) bond motifs is 1.